The minimum Gasteiger partial charge on any atom is -0.546 e. The van der Waals surface area contributed by atoms with Crippen LogP contribution in [0.1, 0.15) is 17.3 Å². The van der Waals surface area contributed by atoms with Gasteiger partial charge in [0.05, 0.1) is 5.97 Å². The lowest BCUT2D eigenvalue weighted by atomic mass is 10.1. The number of ketones is 1. The van der Waals surface area contributed by atoms with E-state index in [-0.39, 0.29) is 5.78 Å². The van der Waals surface area contributed by atoms with Gasteiger partial charge in [0.15, 0.2) is 5.78 Å². The van der Waals surface area contributed by atoms with E-state index in [0.717, 1.165) is 0 Å². The molecule has 0 saturated heterocycles. The van der Waals surface area contributed by atoms with Gasteiger partial charge in [-0.25, -0.2) is 0 Å². The molecule has 74 valence electrons. The van der Waals surface area contributed by atoms with Gasteiger partial charge in [-0.2, -0.15) is 0 Å². The predicted octanol–water partition coefficient (Wildman–Crippen LogP) is 0.0179. The first kappa shape index (κ1) is 10.2. The fraction of sp³-hybridized carbons (Fsp3) is 0.200. The first-order chi connectivity index (χ1) is 6.59. The molecular formula is C10H9O4-. The van der Waals surface area contributed by atoms with Crippen molar-refractivity contribution in [3.8, 4) is 5.75 Å². The molecule has 0 unspecified atom stereocenters. The zero-order valence-corrected chi connectivity index (χ0v) is 7.65. The molecule has 0 spiro atoms. The minimum atomic E-state index is -1.29. The maximum Gasteiger partial charge on any atom is 0.159 e. The van der Waals surface area contributed by atoms with Crippen molar-refractivity contribution in [3.05, 3.63) is 29.8 Å². The summed E-state index contributed by atoms with van der Waals surface area (Å²) < 4.78 is 4.84. The monoisotopic (exact) mass is 193 g/mol. The van der Waals surface area contributed by atoms with Crippen LogP contribution >= 0.6 is 0 Å². The summed E-state index contributed by atoms with van der Waals surface area (Å²) in [6.45, 7) is 0.916. The van der Waals surface area contributed by atoms with Crippen molar-refractivity contribution in [1.29, 1.82) is 0 Å². The Morgan fingerprint density at radius 1 is 1.43 bits per heavy atom. The Bertz CT molecular complexity index is 357. The van der Waals surface area contributed by atoms with Crippen molar-refractivity contribution in [3.63, 3.8) is 0 Å². The summed E-state index contributed by atoms with van der Waals surface area (Å²) in [5, 5.41) is 10.1. The molecule has 1 rings (SSSR count). The summed E-state index contributed by atoms with van der Waals surface area (Å²) in [6.07, 6.45) is 0. The Morgan fingerprint density at radius 3 is 2.71 bits per heavy atom. The lowest BCUT2D eigenvalue weighted by Gasteiger charge is -2.06. The van der Waals surface area contributed by atoms with Crippen LogP contribution in [0, 0.1) is 0 Å². The summed E-state index contributed by atoms with van der Waals surface area (Å²) in [5.74, 6) is -1.04. The third-order valence-corrected chi connectivity index (χ3v) is 1.60. The van der Waals surface area contributed by atoms with Gasteiger partial charge < -0.3 is 14.6 Å². The molecule has 0 atom stereocenters. The van der Waals surface area contributed by atoms with Crippen LogP contribution in [0.4, 0.5) is 0 Å². The van der Waals surface area contributed by atoms with Gasteiger partial charge in [0.1, 0.15) is 12.4 Å². The average molecular weight is 193 g/mol. The van der Waals surface area contributed by atoms with Crippen molar-refractivity contribution in [1.82, 2.24) is 0 Å². The molecule has 0 N–H and O–H groups in total. The maximum atomic E-state index is 11.0. The van der Waals surface area contributed by atoms with Gasteiger partial charge in [-0.05, 0) is 19.1 Å². The molecule has 4 nitrogen and oxygen atoms in total. The van der Waals surface area contributed by atoms with Crippen LogP contribution in [0.3, 0.4) is 0 Å². The number of Topliss-reactive ketones (excluding diaryl/α,β-unsaturated/α-hetero) is 1. The van der Waals surface area contributed by atoms with Crippen LogP contribution < -0.4 is 9.84 Å². The first-order valence-corrected chi connectivity index (χ1v) is 4.03. The number of carboxylic acids is 1. The summed E-state index contributed by atoms with van der Waals surface area (Å²) in [7, 11) is 0. The molecule has 0 fully saturated rings. The SMILES string of the molecule is CC(=O)c1cccc(OCC(=O)[O-])c1. The van der Waals surface area contributed by atoms with Crippen LogP contribution in [0.15, 0.2) is 24.3 Å². The number of rotatable bonds is 4. The molecule has 0 aromatic heterocycles. The molecule has 0 radical (unpaired) electrons. The quantitative estimate of drug-likeness (QED) is 0.632. The molecule has 4 heteroatoms. The number of ether oxygens (including phenoxy) is 1. The van der Waals surface area contributed by atoms with E-state index in [1.165, 1.54) is 13.0 Å². The zero-order valence-electron chi connectivity index (χ0n) is 7.65. The highest BCUT2D eigenvalue weighted by Crippen LogP contribution is 2.13. The van der Waals surface area contributed by atoms with Gasteiger partial charge in [-0.15, -0.1) is 0 Å². The Labute approximate surface area is 81.1 Å². The van der Waals surface area contributed by atoms with E-state index in [9.17, 15) is 14.7 Å². The lowest BCUT2D eigenvalue weighted by Crippen LogP contribution is -2.28. The number of carboxylic acid groups (broad SMARTS) is 1. The Hall–Kier alpha value is -1.84. The Kier molecular flexibility index (Phi) is 3.23. The van der Waals surface area contributed by atoms with E-state index in [4.69, 9.17) is 4.74 Å². The normalized spacial score (nSPS) is 9.50. The van der Waals surface area contributed by atoms with E-state index >= 15 is 0 Å². The van der Waals surface area contributed by atoms with E-state index in [1.54, 1.807) is 18.2 Å². The van der Waals surface area contributed by atoms with Crippen LogP contribution in [0.25, 0.3) is 0 Å². The summed E-state index contributed by atoms with van der Waals surface area (Å²) >= 11 is 0. The van der Waals surface area contributed by atoms with Gasteiger partial charge in [0.2, 0.25) is 0 Å². The number of aliphatic carboxylic acids is 1. The minimum absolute atomic E-state index is 0.0936. The smallest absolute Gasteiger partial charge is 0.159 e. The van der Waals surface area contributed by atoms with E-state index in [1.807, 2.05) is 0 Å². The van der Waals surface area contributed by atoms with Crippen molar-refractivity contribution in [2.45, 2.75) is 6.92 Å². The molecular weight excluding hydrogens is 184 g/mol. The number of hydrogen-bond donors (Lipinski definition) is 0. The van der Waals surface area contributed by atoms with Gasteiger partial charge in [0.25, 0.3) is 0 Å². The van der Waals surface area contributed by atoms with Crippen LogP contribution in [-0.2, 0) is 4.79 Å². The second kappa shape index (κ2) is 4.41. The number of carbonyl (C=O) groups is 2. The van der Waals surface area contributed by atoms with Crippen molar-refractivity contribution in [2.75, 3.05) is 6.61 Å². The summed E-state index contributed by atoms with van der Waals surface area (Å²) in [6, 6.07) is 6.33. The first-order valence-electron chi connectivity index (χ1n) is 4.03. The molecule has 0 aliphatic carbocycles. The molecule has 0 saturated carbocycles. The molecule has 0 amide bonds. The van der Waals surface area contributed by atoms with E-state index in [0.29, 0.717) is 11.3 Å². The largest absolute Gasteiger partial charge is 0.546 e. The fourth-order valence-electron chi connectivity index (χ4n) is 0.947. The standard InChI is InChI=1S/C10H10O4/c1-7(11)8-3-2-4-9(5-8)14-6-10(12)13/h2-5H,6H2,1H3,(H,12,13)/p-1. The van der Waals surface area contributed by atoms with Crippen LogP contribution in [0.2, 0.25) is 0 Å². The average Bonchev–Trinajstić information content (AvgIpc) is 2.15. The van der Waals surface area contributed by atoms with Gasteiger partial charge in [-0.1, -0.05) is 12.1 Å². The third kappa shape index (κ3) is 2.90. The zero-order chi connectivity index (χ0) is 10.6. The second-order valence-corrected chi connectivity index (χ2v) is 2.74. The number of hydrogen-bond acceptors (Lipinski definition) is 4. The maximum absolute atomic E-state index is 11.0. The molecule has 14 heavy (non-hydrogen) atoms. The predicted molar refractivity (Wildman–Crippen MR) is 46.9 cm³/mol. The van der Waals surface area contributed by atoms with Crippen molar-refractivity contribution < 1.29 is 19.4 Å². The fourth-order valence-corrected chi connectivity index (χ4v) is 0.947. The van der Waals surface area contributed by atoms with Gasteiger partial charge in [0, 0.05) is 5.56 Å². The topological polar surface area (TPSA) is 66.4 Å². The highest BCUT2D eigenvalue weighted by Gasteiger charge is 2.00. The molecule has 0 bridgehead atoms. The summed E-state index contributed by atoms with van der Waals surface area (Å²) in [4.78, 5) is 21.0. The van der Waals surface area contributed by atoms with Gasteiger partial charge >= 0.3 is 0 Å². The lowest BCUT2D eigenvalue weighted by molar-refractivity contribution is -0.307. The molecule has 1 aromatic rings. The van der Waals surface area contributed by atoms with Gasteiger partial charge in [-0.3, -0.25) is 4.79 Å². The molecule has 1 aromatic carbocycles. The van der Waals surface area contributed by atoms with E-state index < -0.39 is 12.6 Å². The van der Waals surface area contributed by atoms with Crippen LogP contribution in [-0.4, -0.2) is 18.4 Å². The second-order valence-electron chi connectivity index (χ2n) is 2.74. The number of benzene rings is 1. The Balaban J connectivity index is 2.73. The third-order valence-electron chi connectivity index (χ3n) is 1.60. The Morgan fingerprint density at radius 2 is 2.14 bits per heavy atom. The molecule has 0 aliphatic heterocycles. The molecule has 0 heterocycles. The van der Waals surface area contributed by atoms with Crippen LogP contribution in [0.5, 0.6) is 5.75 Å². The van der Waals surface area contributed by atoms with Crippen molar-refractivity contribution >= 4 is 11.8 Å². The molecule has 0 aliphatic rings. The van der Waals surface area contributed by atoms with E-state index in [2.05, 4.69) is 0 Å². The highest BCUT2D eigenvalue weighted by molar-refractivity contribution is 5.94. The highest BCUT2D eigenvalue weighted by atomic mass is 16.5. The number of carbonyl (C=O) groups excluding carboxylic acids is 2. The summed E-state index contributed by atoms with van der Waals surface area (Å²) in [5.41, 5.74) is 0.487. The van der Waals surface area contributed by atoms with Crippen molar-refractivity contribution in [2.24, 2.45) is 0 Å².